The maximum atomic E-state index is 7.20. The molecule has 0 amide bonds. The fourth-order valence-electron chi connectivity index (χ4n) is 7.76. The van der Waals surface area contributed by atoms with E-state index in [1.165, 1.54) is 67.2 Å². The Morgan fingerprint density at radius 2 is 1.59 bits per heavy atom. The summed E-state index contributed by atoms with van der Waals surface area (Å²) >= 11 is 7.20. The van der Waals surface area contributed by atoms with E-state index >= 15 is 0 Å². The van der Waals surface area contributed by atoms with Crippen molar-refractivity contribution in [1.82, 2.24) is 0 Å². The molecule has 2 aliphatic rings. The highest BCUT2D eigenvalue weighted by Crippen LogP contribution is 2.51. The second-order valence-corrected chi connectivity index (χ2v) is 14.6. The largest absolute Gasteiger partial charge is 0.344 e. The molecule has 0 atom stereocenters. The molecule has 0 N–H and O–H groups in total. The van der Waals surface area contributed by atoms with E-state index in [-0.39, 0.29) is 10.8 Å². The number of fused-ring (bicyclic) bond motifs is 4. The van der Waals surface area contributed by atoms with Gasteiger partial charge in [0.05, 0.1) is 0 Å². The van der Waals surface area contributed by atoms with Gasteiger partial charge < -0.3 is 4.90 Å². The molecule has 4 aromatic carbocycles. The Morgan fingerprint density at radius 3 is 2.33 bits per heavy atom. The van der Waals surface area contributed by atoms with Gasteiger partial charge in [0.15, 0.2) is 0 Å². The molecule has 6 rings (SSSR count). The quantitative estimate of drug-likeness (QED) is 0.176. The number of unbranched alkanes of at least 4 members (excludes halogenated alkanes) is 1. The molecule has 1 aliphatic carbocycles. The number of benzene rings is 4. The molecule has 0 aromatic heterocycles. The van der Waals surface area contributed by atoms with Crippen LogP contribution in [0.25, 0.3) is 21.5 Å². The SMILES string of the molecule is C=C(/C=C/C1=C(Cl)C(=C/C=C2/N(CCCC)c3ccc4ccccc4c3C2(C)C)/CCC1)C(C)(C)c1c(C)ccc2ccccc12. The van der Waals surface area contributed by atoms with E-state index < -0.39 is 0 Å². The van der Waals surface area contributed by atoms with Crippen LogP contribution < -0.4 is 4.90 Å². The number of rotatable bonds is 8. The summed E-state index contributed by atoms with van der Waals surface area (Å²) in [6, 6.07) is 26.5. The van der Waals surface area contributed by atoms with Crippen LogP contribution in [-0.4, -0.2) is 6.54 Å². The molecule has 236 valence electrons. The van der Waals surface area contributed by atoms with Crippen LogP contribution in [0.2, 0.25) is 0 Å². The highest BCUT2D eigenvalue weighted by atomic mass is 35.5. The van der Waals surface area contributed by atoms with E-state index in [9.17, 15) is 0 Å². The van der Waals surface area contributed by atoms with Gasteiger partial charge in [-0.05, 0) is 99.7 Å². The van der Waals surface area contributed by atoms with Crippen molar-refractivity contribution in [3.8, 4) is 0 Å². The Morgan fingerprint density at radius 1 is 0.913 bits per heavy atom. The summed E-state index contributed by atoms with van der Waals surface area (Å²) in [4.78, 5) is 2.56. The Labute approximate surface area is 281 Å². The van der Waals surface area contributed by atoms with Gasteiger partial charge in [-0.1, -0.05) is 144 Å². The zero-order valence-electron chi connectivity index (χ0n) is 28.5. The molecule has 1 heterocycles. The summed E-state index contributed by atoms with van der Waals surface area (Å²) < 4.78 is 0. The highest BCUT2D eigenvalue weighted by molar-refractivity contribution is 6.32. The minimum Gasteiger partial charge on any atom is -0.344 e. The van der Waals surface area contributed by atoms with E-state index in [1.54, 1.807) is 0 Å². The minimum atomic E-state index is -0.221. The first-order valence-electron chi connectivity index (χ1n) is 17.0. The van der Waals surface area contributed by atoms with Crippen LogP contribution in [0, 0.1) is 6.92 Å². The van der Waals surface area contributed by atoms with Gasteiger partial charge in [-0.3, -0.25) is 0 Å². The van der Waals surface area contributed by atoms with Gasteiger partial charge >= 0.3 is 0 Å². The van der Waals surface area contributed by atoms with Crippen molar-refractivity contribution in [2.75, 3.05) is 11.4 Å². The van der Waals surface area contributed by atoms with Gasteiger partial charge in [0.2, 0.25) is 0 Å². The van der Waals surface area contributed by atoms with Crippen molar-refractivity contribution in [2.45, 2.75) is 84.5 Å². The lowest BCUT2D eigenvalue weighted by molar-refractivity contribution is 0.628. The topological polar surface area (TPSA) is 3.24 Å². The van der Waals surface area contributed by atoms with E-state index in [0.29, 0.717) is 0 Å². The van der Waals surface area contributed by atoms with Crippen molar-refractivity contribution in [1.29, 1.82) is 0 Å². The number of hydrogen-bond acceptors (Lipinski definition) is 1. The highest BCUT2D eigenvalue weighted by Gasteiger charge is 2.41. The van der Waals surface area contributed by atoms with Crippen molar-refractivity contribution in [3.63, 3.8) is 0 Å². The molecular formula is C44H48ClN. The van der Waals surface area contributed by atoms with Crippen LogP contribution in [0.3, 0.4) is 0 Å². The Bertz CT molecular complexity index is 1940. The monoisotopic (exact) mass is 625 g/mol. The molecule has 1 nitrogen and oxygen atoms in total. The first-order valence-corrected chi connectivity index (χ1v) is 17.4. The average Bonchev–Trinajstić information content (AvgIpc) is 3.27. The number of anilines is 1. The van der Waals surface area contributed by atoms with E-state index in [4.69, 9.17) is 11.6 Å². The standard InChI is InChI=1S/C44H48ClN/c1-8-9-29-46-38-27-25-33-16-11-13-20-37(33)41(38)44(6,7)39(46)28-26-35-18-14-17-34(42(35)45)24-22-31(3)43(4,5)40-30(2)21-23-32-15-10-12-19-36(32)40/h10-13,15-16,19-28H,3,8-9,14,17-18,29H2,1-2,4-7H3/b24-22+,35-26+,39-28+. The van der Waals surface area contributed by atoms with Crippen LogP contribution in [0.4, 0.5) is 5.69 Å². The van der Waals surface area contributed by atoms with Crippen LogP contribution in [0.15, 0.2) is 131 Å². The normalized spacial score (nSPS) is 18.5. The van der Waals surface area contributed by atoms with E-state index in [2.05, 4.69) is 150 Å². The summed E-state index contributed by atoms with van der Waals surface area (Å²) in [6.07, 6.45) is 14.5. The lowest BCUT2D eigenvalue weighted by atomic mass is 9.74. The molecule has 0 saturated heterocycles. The molecule has 2 heteroatoms. The second-order valence-electron chi connectivity index (χ2n) is 14.2. The average molecular weight is 626 g/mol. The third-order valence-corrected chi connectivity index (χ3v) is 10.9. The first kappa shape index (κ1) is 32.1. The van der Waals surface area contributed by atoms with Gasteiger partial charge in [-0.15, -0.1) is 0 Å². The first-order chi connectivity index (χ1) is 22.1. The number of hydrogen-bond donors (Lipinski definition) is 0. The molecule has 0 spiro atoms. The Kier molecular flexibility index (Phi) is 8.92. The van der Waals surface area contributed by atoms with Crippen molar-refractivity contribution < 1.29 is 0 Å². The van der Waals surface area contributed by atoms with Gasteiger partial charge in [0.25, 0.3) is 0 Å². The smallest absolute Gasteiger partial charge is 0.0469 e. The number of nitrogens with zero attached hydrogens (tertiary/aromatic N) is 1. The predicted molar refractivity (Wildman–Crippen MR) is 202 cm³/mol. The fourth-order valence-corrected chi connectivity index (χ4v) is 8.08. The maximum absolute atomic E-state index is 7.20. The van der Waals surface area contributed by atoms with Crippen LogP contribution in [0.5, 0.6) is 0 Å². The minimum absolute atomic E-state index is 0.113. The van der Waals surface area contributed by atoms with E-state index in [1.807, 2.05) is 0 Å². The summed E-state index contributed by atoms with van der Waals surface area (Å²) in [5, 5.41) is 6.12. The fraction of sp³-hybridized carbons (Fsp3) is 0.318. The molecule has 0 radical (unpaired) electrons. The van der Waals surface area contributed by atoms with Gasteiger partial charge in [-0.25, -0.2) is 0 Å². The zero-order chi connectivity index (χ0) is 32.6. The predicted octanol–water partition coefficient (Wildman–Crippen LogP) is 12.8. The van der Waals surface area contributed by atoms with E-state index in [0.717, 1.165) is 42.8 Å². The molecule has 4 aromatic rings. The Hall–Kier alpha value is -3.81. The number of allylic oxidation sites excluding steroid dienone is 9. The zero-order valence-corrected chi connectivity index (χ0v) is 29.3. The van der Waals surface area contributed by atoms with Gasteiger partial charge in [0, 0.05) is 33.8 Å². The molecule has 1 aliphatic heterocycles. The van der Waals surface area contributed by atoms with Crippen molar-refractivity contribution in [2.24, 2.45) is 0 Å². The Balaban J connectivity index is 1.33. The molecule has 0 bridgehead atoms. The molecule has 0 unspecified atom stereocenters. The van der Waals surface area contributed by atoms with Gasteiger partial charge in [0.1, 0.15) is 0 Å². The number of halogens is 1. The summed E-state index contributed by atoms with van der Waals surface area (Å²) in [5.74, 6) is 0. The lowest BCUT2D eigenvalue weighted by Crippen LogP contribution is -2.27. The van der Waals surface area contributed by atoms with Gasteiger partial charge in [-0.2, -0.15) is 0 Å². The summed E-state index contributed by atoms with van der Waals surface area (Å²) in [5.41, 5.74) is 9.95. The van der Waals surface area contributed by atoms with Crippen LogP contribution in [0.1, 0.15) is 83.4 Å². The molecule has 46 heavy (non-hydrogen) atoms. The maximum Gasteiger partial charge on any atom is 0.0469 e. The van der Waals surface area contributed by atoms with Crippen molar-refractivity contribution in [3.05, 3.63) is 148 Å². The molecule has 0 fully saturated rings. The summed E-state index contributed by atoms with van der Waals surface area (Å²) in [7, 11) is 0. The second kappa shape index (κ2) is 12.8. The van der Waals surface area contributed by atoms with Crippen LogP contribution in [-0.2, 0) is 10.8 Å². The van der Waals surface area contributed by atoms with Crippen LogP contribution >= 0.6 is 11.6 Å². The van der Waals surface area contributed by atoms with Crippen molar-refractivity contribution >= 4 is 38.8 Å². The third kappa shape index (κ3) is 5.69. The third-order valence-electron chi connectivity index (χ3n) is 10.4. The molecular weight excluding hydrogens is 578 g/mol. The lowest BCUT2D eigenvalue weighted by Gasteiger charge is -2.30. The molecule has 0 saturated carbocycles. The number of aryl methyl sites for hydroxylation is 1. The summed E-state index contributed by atoms with van der Waals surface area (Å²) in [6.45, 7) is 19.4.